The van der Waals surface area contributed by atoms with Crippen LogP contribution in [-0.2, 0) is 42.7 Å². The predicted octanol–water partition coefficient (Wildman–Crippen LogP) is -0.190. The Hall–Kier alpha value is -1.55. The van der Waals surface area contributed by atoms with Crippen LogP contribution in [0, 0.1) is 50.2 Å². The molecule has 5 aliphatic carbocycles. The topological polar surface area (TPSA) is 334 Å². The van der Waals surface area contributed by atoms with Crippen molar-refractivity contribution in [1.29, 1.82) is 0 Å². The molecule has 0 spiro atoms. The van der Waals surface area contributed by atoms with Gasteiger partial charge in [-0.15, -0.1) is 0 Å². The van der Waals surface area contributed by atoms with Gasteiger partial charge in [-0.05, 0) is 109 Å². The van der Waals surface area contributed by atoms with Crippen molar-refractivity contribution in [2.75, 3.05) is 33.0 Å². The Balaban J connectivity index is 0.987. The molecule has 12 N–H and O–H groups in total. The van der Waals surface area contributed by atoms with Crippen molar-refractivity contribution >= 4 is 5.97 Å². The number of aliphatic hydroxyl groups is 11. The second-order valence-electron chi connectivity index (χ2n) is 25.5. The van der Waals surface area contributed by atoms with Gasteiger partial charge in [-0.1, -0.05) is 60.1 Å². The summed E-state index contributed by atoms with van der Waals surface area (Å²) in [4.78, 5) is 13.2. The van der Waals surface area contributed by atoms with E-state index in [1.54, 1.807) is 0 Å². The number of hydrogen-bond acceptors (Lipinski definition) is 20. The molecule has 21 heteroatoms. The molecule has 8 fully saturated rings. The van der Waals surface area contributed by atoms with Crippen molar-refractivity contribution in [3.63, 3.8) is 0 Å². The number of carboxylic acids is 1. The summed E-state index contributed by atoms with van der Waals surface area (Å²) in [6, 6.07) is 0. The Bertz CT molecular complexity index is 2020. The van der Waals surface area contributed by atoms with Crippen molar-refractivity contribution in [2.24, 2.45) is 50.2 Å². The van der Waals surface area contributed by atoms with Gasteiger partial charge in [0.2, 0.25) is 0 Å². The van der Waals surface area contributed by atoms with E-state index in [2.05, 4.69) is 54.5 Å². The molecule has 0 aromatic carbocycles. The van der Waals surface area contributed by atoms with Crippen LogP contribution >= 0.6 is 0 Å². The highest BCUT2D eigenvalue weighted by atomic mass is 16.8. The third-order valence-electron chi connectivity index (χ3n) is 20.8. The van der Waals surface area contributed by atoms with Crippen molar-refractivity contribution in [1.82, 2.24) is 0 Å². The molecule has 4 saturated heterocycles. The van der Waals surface area contributed by atoms with Gasteiger partial charge in [-0.3, -0.25) is 4.79 Å². The van der Waals surface area contributed by atoms with E-state index in [9.17, 15) is 66.1 Å². The van der Waals surface area contributed by atoms with Gasteiger partial charge in [0.1, 0.15) is 78.8 Å². The van der Waals surface area contributed by atoms with E-state index in [1.807, 2.05) is 0 Å². The minimum Gasteiger partial charge on any atom is -0.481 e. The summed E-state index contributed by atoms with van der Waals surface area (Å²) in [5, 5.41) is 129. The fourth-order valence-electron chi connectivity index (χ4n) is 16.1. The van der Waals surface area contributed by atoms with Gasteiger partial charge in [-0.2, -0.15) is 0 Å². The summed E-state index contributed by atoms with van der Waals surface area (Å²) in [6.45, 7) is 12.7. The first-order chi connectivity index (χ1) is 34.2. The Morgan fingerprint density at radius 1 is 0.658 bits per heavy atom. The molecule has 4 aliphatic heterocycles. The highest BCUT2D eigenvalue weighted by Crippen LogP contribution is 2.76. The zero-order chi connectivity index (χ0) is 53.2. The van der Waals surface area contributed by atoms with Crippen LogP contribution in [0.3, 0.4) is 0 Å². The van der Waals surface area contributed by atoms with Crippen LogP contribution in [0.2, 0.25) is 0 Å². The Morgan fingerprint density at radius 2 is 1.29 bits per heavy atom. The second-order valence-corrected chi connectivity index (χ2v) is 25.5. The SMILES string of the molecule is CC1(C)CC[C@]2(C(=O)O)CC[C@]3(C)C(=CC[C@@H]4[C@@]5(C)CC[C@H](O[C@@H]6OC[C@@H](O)[C@H](O[C@@H]7O[C@H](CO)[C@H](O)[C@H](O[C@@H]8OC[C@](O)(CO)[C@H]8O)[C@H]7O)[C@H]6O[C@@H]6O[C@H](CO)[C@@H](O)[C@H](O)[C@H]6O)C(C)(C)C5CC[C@]43C)[C@@H]2C1. The minimum absolute atomic E-state index is 0.0161. The summed E-state index contributed by atoms with van der Waals surface area (Å²) in [7, 11) is 0. The number of hydrogen-bond donors (Lipinski definition) is 12. The molecule has 73 heavy (non-hydrogen) atoms. The monoisotopic (exact) mass is 1040 g/mol. The summed E-state index contributed by atoms with van der Waals surface area (Å²) in [6.07, 6.45) is -17.2. The molecule has 1 unspecified atom stereocenters. The molecule has 9 aliphatic rings. The Morgan fingerprint density at radius 3 is 1.93 bits per heavy atom. The number of rotatable bonds is 12. The van der Waals surface area contributed by atoms with Gasteiger partial charge < -0.3 is 99.2 Å². The number of ether oxygens (including phenoxy) is 8. The maximum Gasteiger partial charge on any atom is 0.310 e. The standard InChI is InChI=1S/C52H84O21/c1-46(2)14-16-51(45(63)64)17-15-49(6)24(25(51)18-46)8-9-30-48(5)12-11-31(47(3,4)29(48)10-13-50(30,49)7)70-43-39(73-41-35(60)34(59)32(57)27(19-53)68-41)37(26(56)21-66-43)71-42-36(61)38(33(58)28(20-54)69-42)72-44-40(62)52(65,22-55)23-67-44/h8,25-44,53-62,65H,9-23H2,1-7H3,(H,63,64)/t25-,26+,27+,28+,29?,30+,31-,32+,33-,34-,35+,36+,37-,38-,39+,40-,41-,42-,43-,44-,48-,49+,50+,51-,52+/m0/s1. The second kappa shape index (κ2) is 20.0. The van der Waals surface area contributed by atoms with Crippen molar-refractivity contribution < 1.29 is 104 Å². The number of aliphatic hydroxyl groups excluding tert-OH is 10. The zero-order valence-corrected chi connectivity index (χ0v) is 43.3. The van der Waals surface area contributed by atoms with E-state index in [4.69, 9.17) is 37.9 Å². The quantitative estimate of drug-likeness (QED) is 0.0890. The molecule has 418 valence electrons. The van der Waals surface area contributed by atoms with Gasteiger partial charge in [0.05, 0.1) is 44.6 Å². The highest BCUT2D eigenvalue weighted by molar-refractivity contribution is 5.76. The molecule has 25 atom stereocenters. The maximum atomic E-state index is 13.2. The zero-order valence-electron chi connectivity index (χ0n) is 43.3. The lowest BCUT2D eigenvalue weighted by Crippen LogP contribution is -2.67. The van der Waals surface area contributed by atoms with Crippen LogP contribution in [0.15, 0.2) is 11.6 Å². The molecular weight excluding hydrogens is 961 g/mol. The highest BCUT2D eigenvalue weighted by Gasteiger charge is 2.70. The van der Waals surface area contributed by atoms with Crippen LogP contribution < -0.4 is 0 Å². The van der Waals surface area contributed by atoms with Gasteiger partial charge in [0, 0.05) is 0 Å². The lowest BCUT2D eigenvalue weighted by molar-refractivity contribution is -0.393. The molecule has 0 aromatic heterocycles. The van der Waals surface area contributed by atoms with Gasteiger partial charge in [0.25, 0.3) is 0 Å². The van der Waals surface area contributed by atoms with E-state index < -0.39 is 160 Å². The van der Waals surface area contributed by atoms with E-state index >= 15 is 0 Å². The van der Waals surface area contributed by atoms with Crippen LogP contribution in [0.25, 0.3) is 0 Å². The smallest absolute Gasteiger partial charge is 0.310 e. The van der Waals surface area contributed by atoms with Crippen LogP contribution in [0.5, 0.6) is 0 Å². The lowest BCUT2D eigenvalue weighted by atomic mass is 9.33. The average molecular weight is 1050 g/mol. The van der Waals surface area contributed by atoms with Gasteiger partial charge in [-0.25, -0.2) is 0 Å². The van der Waals surface area contributed by atoms with Crippen molar-refractivity contribution in [3.05, 3.63) is 11.6 Å². The molecule has 4 saturated carbocycles. The molecule has 0 bridgehead atoms. The van der Waals surface area contributed by atoms with E-state index in [0.717, 1.165) is 44.9 Å². The number of carbonyl (C=O) groups is 1. The minimum atomic E-state index is -2.12. The normalized spacial score (nSPS) is 53.5. The number of allylic oxidation sites excluding steroid dienone is 2. The van der Waals surface area contributed by atoms with Crippen LogP contribution in [0.1, 0.15) is 113 Å². The van der Waals surface area contributed by atoms with Gasteiger partial charge in [0.15, 0.2) is 25.2 Å². The molecule has 0 aromatic rings. The number of aliphatic carboxylic acids is 1. The summed E-state index contributed by atoms with van der Waals surface area (Å²) < 4.78 is 48.7. The molecule has 0 radical (unpaired) electrons. The average Bonchev–Trinajstić information content (AvgIpc) is 3.62. The predicted molar refractivity (Wildman–Crippen MR) is 251 cm³/mol. The Labute approximate surface area is 426 Å². The van der Waals surface area contributed by atoms with Crippen LogP contribution in [-0.4, -0.2) is 210 Å². The van der Waals surface area contributed by atoms with E-state index in [1.165, 1.54) is 5.57 Å². The number of fused-ring (bicyclic) bond motifs is 7. The molecular formula is C52H84O21. The van der Waals surface area contributed by atoms with Gasteiger partial charge >= 0.3 is 5.97 Å². The molecule has 0 amide bonds. The number of carboxylic acid groups (broad SMARTS) is 1. The third-order valence-corrected chi connectivity index (χ3v) is 20.8. The summed E-state index contributed by atoms with van der Waals surface area (Å²) in [5.41, 5.74) is -2.45. The fraction of sp³-hybridized carbons (Fsp3) is 0.942. The molecule has 9 rings (SSSR count). The molecule has 4 heterocycles. The summed E-state index contributed by atoms with van der Waals surface area (Å²) >= 11 is 0. The first kappa shape index (κ1) is 56.2. The maximum absolute atomic E-state index is 13.2. The first-order valence-corrected chi connectivity index (χ1v) is 26.6. The fourth-order valence-corrected chi connectivity index (χ4v) is 16.1. The molecule has 21 nitrogen and oxygen atoms in total. The largest absolute Gasteiger partial charge is 0.481 e. The Kier molecular flexibility index (Phi) is 15.4. The first-order valence-electron chi connectivity index (χ1n) is 26.6. The lowest BCUT2D eigenvalue weighted by Gasteiger charge is -2.71. The van der Waals surface area contributed by atoms with Crippen LogP contribution in [0.4, 0.5) is 0 Å². The third kappa shape index (κ3) is 9.01. The van der Waals surface area contributed by atoms with Crippen molar-refractivity contribution in [2.45, 2.75) is 223 Å². The van der Waals surface area contributed by atoms with E-state index in [0.29, 0.717) is 19.3 Å². The van der Waals surface area contributed by atoms with E-state index in [-0.39, 0.29) is 39.4 Å². The van der Waals surface area contributed by atoms with Crippen molar-refractivity contribution in [3.8, 4) is 0 Å². The summed E-state index contributed by atoms with van der Waals surface area (Å²) in [5.74, 6) is -0.267.